The molecule has 0 heteroatoms. The molecule has 48 heavy (non-hydrogen) atoms. The zero-order valence-electron chi connectivity index (χ0n) is 26.5. The van der Waals surface area contributed by atoms with E-state index in [1.54, 1.807) is 0 Å². The van der Waals surface area contributed by atoms with E-state index in [1.807, 2.05) is 115 Å². The monoisotopic (exact) mass is 607 g/mol. The minimum Gasteiger partial charge on any atom is -0.0795 e. The topological polar surface area (TPSA) is 0 Å². The third-order valence-electron chi connectivity index (χ3n) is 7.49. The van der Waals surface area contributed by atoms with Crippen LogP contribution in [0.4, 0.5) is 0 Å². The SMILES string of the molecule is C(=C=C1C=CCC=C1)=C=C(C(=C=C=C(C(=[C+]C#Cc1ccccc1)c1ccccc1)c1ccccc1)c1ccccc1)c1ccccc1. The van der Waals surface area contributed by atoms with Gasteiger partial charge in [0, 0.05) is 22.3 Å². The van der Waals surface area contributed by atoms with Crippen molar-refractivity contribution in [1.29, 1.82) is 0 Å². The van der Waals surface area contributed by atoms with Gasteiger partial charge in [0.2, 0.25) is 0 Å². The van der Waals surface area contributed by atoms with E-state index in [0.717, 1.165) is 62.1 Å². The van der Waals surface area contributed by atoms with Crippen molar-refractivity contribution >= 4 is 22.3 Å². The molecule has 0 N–H and O–H groups in total. The highest BCUT2D eigenvalue weighted by atomic mass is 14.1. The fourth-order valence-electron chi connectivity index (χ4n) is 5.12. The summed E-state index contributed by atoms with van der Waals surface area (Å²) in [7, 11) is 0. The summed E-state index contributed by atoms with van der Waals surface area (Å²) in [4.78, 5) is 0. The first-order valence-electron chi connectivity index (χ1n) is 15.9. The Bertz CT molecular complexity index is 2260. The molecule has 0 amide bonds. The second kappa shape index (κ2) is 16.5. The zero-order chi connectivity index (χ0) is 32.6. The fraction of sp³-hybridized carbons (Fsp3) is 0.0208. The van der Waals surface area contributed by atoms with Gasteiger partial charge in [0.1, 0.15) is 11.5 Å². The molecule has 0 nitrogen and oxygen atoms in total. The van der Waals surface area contributed by atoms with Crippen molar-refractivity contribution in [3.05, 3.63) is 244 Å². The van der Waals surface area contributed by atoms with Gasteiger partial charge in [-0.25, -0.2) is 0 Å². The maximum Gasteiger partial charge on any atom is 0.180 e. The molecular formula is C48H31+. The summed E-state index contributed by atoms with van der Waals surface area (Å²) in [6, 6.07) is 50.8. The second-order valence-corrected chi connectivity index (χ2v) is 10.8. The van der Waals surface area contributed by atoms with Gasteiger partial charge in [-0.2, -0.15) is 0 Å². The van der Waals surface area contributed by atoms with Crippen LogP contribution in [0.5, 0.6) is 0 Å². The highest BCUT2D eigenvalue weighted by molar-refractivity contribution is 6.07. The summed E-state index contributed by atoms with van der Waals surface area (Å²) >= 11 is 0. The van der Waals surface area contributed by atoms with Crippen LogP contribution in [0, 0.1) is 17.9 Å². The van der Waals surface area contributed by atoms with E-state index < -0.39 is 0 Å². The first-order valence-corrected chi connectivity index (χ1v) is 15.9. The Kier molecular flexibility index (Phi) is 10.7. The molecule has 0 aliphatic heterocycles. The van der Waals surface area contributed by atoms with Crippen molar-refractivity contribution in [3.8, 4) is 11.8 Å². The van der Waals surface area contributed by atoms with E-state index in [9.17, 15) is 0 Å². The van der Waals surface area contributed by atoms with Gasteiger partial charge in [-0.15, -0.1) is 0 Å². The first-order chi connectivity index (χ1) is 23.8. The van der Waals surface area contributed by atoms with Crippen LogP contribution in [-0.2, 0) is 0 Å². The van der Waals surface area contributed by atoms with Crippen LogP contribution in [0.1, 0.15) is 34.2 Å². The highest BCUT2D eigenvalue weighted by Gasteiger charge is 2.19. The molecule has 0 spiro atoms. The summed E-state index contributed by atoms with van der Waals surface area (Å²) in [6.45, 7) is 0. The van der Waals surface area contributed by atoms with E-state index >= 15 is 0 Å². The Hall–Kier alpha value is -6.83. The molecule has 0 saturated carbocycles. The molecule has 5 aromatic rings. The lowest BCUT2D eigenvalue weighted by Crippen LogP contribution is -1.91. The van der Waals surface area contributed by atoms with E-state index in [1.165, 1.54) is 0 Å². The van der Waals surface area contributed by atoms with Gasteiger partial charge < -0.3 is 0 Å². The molecule has 0 radical (unpaired) electrons. The molecule has 0 atom stereocenters. The van der Waals surface area contributed by atoms with Gasteiger partial charge in [0.25, 0.3) is 0 Å². The lowest BCUT2D eigenvalue weighted by molar-refractivity contribution is 1.34. The van der Waals surface area contributed by atoms with Crippen molar-refractivity contribution < 1.29 is 0 Å². The second-order valence-electron chi connectivity index (χ2n) is 10.8. The summed E-state index contributed by atoms with van der Waals surface area (Å²) in [5.41, 5.74) is 26.2. The minimum atomic E-state index is 0.823. The van der Waals surface area contributed by atoms with Crippen molar-refractivity contribution in [2.75, 3.05) is 0 Å². The Morgan fingerprint density at radius 3 is 1.44 bits per heavy atom. The Labute approximate surface area is 283 Å². The zero-order valence-corrected chi connectivity index (χ0v) is 26.5. The van der Waals surface area contributed by atoms with Crippen molar-refractivity contribution in [1.82, 2.24) is 0 Å². The van der Waals surface area contributed by atoms with Gasteiger partial charge in [0.05, 0.1) is 23.1 Å². The van der Waals surface area contributed by atoms with Gasteiger partial charge in [-0.1, -0.05) is 151 Å². The minimum absolute atomic E-state index is 0.823. The van der Waals surface area contributed by atoms with Crippen LogP contribution < -0.4 is 0 Å². The summed E-state index contributed by atoms with van der Waals surface area (Å²) in [5.74, 6) is 6.44. The number of rotatable bonds is 6. The molecule has 6 rings (SSSR count). The molecule has 1 aliphatic carbocycles. The largest absolute Gasteiger partial charge is 0.180 e. The molecule has 1 aliphatic rings. The Balaban J connectivity index is 1.69. The summed E-state index contributed by atoms with van der Waals surface area (Å²) < 4.78 is 0. The van der Waals surface area contributed by atoms with Crippen molar-refractivity contribution in [2.45, 2.75) is 6.42 Å². The van der Waals surface area contributed by atoms with Gasteiger partial charge in [-0.05, 0) is 71.1 Å². The van der Waals surface area contributed by atoms with E-state index in [-0.39, 0.29) is 0 Å². The Morgan fingerprint density at radius 2 is 0.896 bits per heavy atom. The van der Waals surface area contributed by atoms with Crippen LogP contribution in [-0.4, -0.2) is 0 Å². The first kappa shape index (κ1) is 31.2. The van der Waals surface area contributed by atoms with Gasteiger partial charge >= 0.3 is 0 Å². The number of hydrogen-bond donors (Lipinski definition) is 0. The number of hydrogen-bond acceptors (Lipinski definition) is 0. The van der Waals surface area contributed by atoms with Crippen LogP contribution in [0.25, 0.3) is 22.3 Å². The predicted molar refractivity (Wildman–Crippen MR) is 200 cm³/mol. The van der Waals surface area contributed by atoms with Crippen LogP contribution >= 0.6 is 0 Å². The molecule has 0 fully saturated rings. The van der Waals surface area contributed by atoms with E-state index in [4.69, 9.17) is 0 Å². The van der Waals surface area contributed by atoms with Crippen LogP contribution in [0.15, 0.2) is 210 Å². The quantitative estimate of drug-likeness (QED) is 0.0780. The average molecular weight is 608 g/mol. The number of allylic oxidation sites excluding steroid dienone is 10. The molecular weight excluding hydrogens is 577 g/mol. The van der Waals surface area contributed by atoms with Crippen LogP contribution in [0.3, 0.4) is 0 Å². The molecule has 222 valence electrons. The molecule has 0 heterocycles. The van der Waals surface area contributed by atoms with E-state index in [0.29, 0.717) is 0 Å². The third kappa shape index (κ3) is 8.45. The van der Waals surface area contributed by atoms with Crippen molar-refractivity contribution in [2.24, 2.45) is 0 Å². The predicted octanol–water partition coefficient (Wildman–Crippen LogP) is 11.3. The van der Waals surface area contributed by atoms with Gasteiger partial charge in [-0.3, -0.25) is 0 Å². The highest BCUT2D eigenvalue weighted by Crippen LogP contribution is 2.32. The summed E-state index contributed by atoms with van der Waals surface area (Å²) in [6.07, 6.45) is 12.7. The third-order valence-corrected chi connectivity index (χ3v) is 7.49. The molecule has 0 unspecified atom stereocenters. The van der Waals surface area contributed by atoms with Crippen LogP contribution in [0.2, 0.25) is 0 Å². The molecule has 5 aromatic carbocycles. The van der Waals surface area contributed by atoms with E-state index in [2.05, 4.69) is 107 Å². The maximum atomic E-state index is 3.60. The molecule has 0 aromatic heterocycles. The molecule has 0 bridgehead atoms. The van der Waals surface area contributed by atoms with Crippen molar-refractivity contribution in [3.63, 3.8) is 0 Å². The Morgan fingerprint density at radius 1 is 0.458 bits per heavy atom. The number of benzene rings is 5. The lowest BCUT2D eigenvalue weighted by atomic mass is 9.91. The standard InChI is InChI=1S/C48H31/c1-7-21-39(22-8-1)25-19-35-45(41-27-11-3-12-28-41)47(43-31-15-5-16-32-43)37-38-48(44-33-17-6-18-34-44)46(42-29-13-4-14-30-42)36-20-26-40-23-9-2-10-24-40/h1,3-18,21-24,27-34H,2H2/q+1. The average Bonchev–Trinajstić information content (AvgIpc) is 3.17. The maximum absolute atomic E-state index is 3.60. The van der Waals surface area contributed by atoms with Gasteiger partial charge in [0.15, 0.2) is 5.57 Å². The fourth-order valence-corrected chi connectivity index (χ4v) is 5.12. The molecule has 0 saturated heterocycles. The lowest BCUT2D eigenvalue weighted by Gasteiger charge is -2.08. The normalized spacial score (nSPS) is 11.2. The smallest absolute Gasteiger partial charge is 0.0795 e. The summed E-state index contributed by atoms with van der Waals surface area (Å²) in [5, 5.41) is 0.